The summed E-state index contributed by atoms with van der Waals surface area (Å²) in [6.45, 7) is 10.8. The van der Waals surface area contributed by atoms with Crippen LogP contribution in [-0.2, 0) is 4.79 Å². The van der Waals surface area contributed by atoms with Crippen LogP contribution < -0.4 is 15.4 Å². The second kappa shape index (κ2) is 12.8. The first-order chi connectivity index (χ1) is 15.0. The average Bonchev–Trinajstić information content (AvgIpc) is 2.81. The molecule has 0 bridgehead atoms. The molecule has 2 N–H and O–H groups in total. The predicted octanol–water partition coefficient (Wildman–Crippen LogP) is 5.30. The summed E-state index contributed by atoms with van der Waals surface area (Å²) < 4.78 is 6.12. The van der Waals surface area contributed by atoms with Crippen molar-refractivity contribution in [1.82, 2.24) is 10.2 Å². The van der Waals surface area contributed by atoms with E-state index in [-0.39, 0.29) is 5.91 Å². The van der Waals surface area contributed by atoms with Crippen molar-refractivity contribution in [1.29, 1.82) is 0 Å². The van der Waals surface area contributed by atoms with Gasteiger partial charge in [-0.3, -0.25) is 4.79 Å². The molecule has 5 heteroatoms. The fourth-order valence-corrected chi connectivity index (χ4v) is 3.32. The molecule has 0 unspecified atom stereocenters. The second-order valence-electron chi connectivity index (χ2n) is 7.56. The van der Waals surface area contributed by atoms with E-state index in [1.807, 2.05) is 57.2 Å². The number of nitrogens with one attached hydrogen (secondary N) is 2. The highest BCUT2D eigenvalue weighted by molar-refractivity contribution is 6.03. The number of amides is 1. The number of nitrogens with zero attached hydrogens (tertiary/aromatic N) is 1. The highest BCUT2D eigenvalue weighted by atomic mass is 16.5. The Hall–Kier alpha value is -2.79. The van der Waals surface area contributed by atoms with Gasteiger partial charge in [0.15, 0.2) is 0 Å². The predicted molar refractivity (Wildman–Crippen MR) is 130 cm³/mol. The number of carbonyl (C=O) groups is 1. The van der Waals surface area contributed by atoms with Crippen molar-refractivity contribution in [3.8, 4) is 16.9 Å². The van der Waals surface area contributed by atoms with Gasteiger partial charge in [-0.15, -0.1) is 0 Å². The lowest BCUT2D eigenvalue weighted by Crippen LogP contribution is -2.35. The van der Waals surface area contributed by atoms with E-state index in [4.69, 9.17) is 4.74 Å². The molecule has 2 aromatic rings. The Balaban J connectivity index is 0.00000166. The number of benzene rings is 2. The minimum Gasteiger partial charge on any atom is -0.490 e. The monoisotopic (exact) mass is 423 g/mol. The number of hydrogen-bond acceptors (Lipinski definition) is 4. The maximum Gasteiger partial charge on any atom is 0.252 e. The molecule has 2 aromatic carbocycles. The molecule has 0 radical (unpaired) electrons. The lowest BCUT2D eigenvalue weighted by Gasteiger charge is -2.29. The van der Waals surface area contributed by atoms with E-state index in [1.54, 1.807) is 13.1 Å². The zero-order chi connectivity index (χ0) is 22.6. The van der Waals surface area contributed by atoms with Crippen molar-refractivity contribution in [2.45, 2.75) is 46.6 Å². The van der Waals surface area contributed by atoms with Gasteiger partial charge in [-0.25, -0.2) is 0 Å². The molecule has 0 atom stereocenters. The molecule has 0 spiro atoms. The number of piperidine rings is 1. The summed E-state index contributed by atoms with van der Waals surface area (Å²) in [5, 5.41) is 5.96. The normalized spacial score (nSPS) is 14.9. The number of carbonyl (C=O) groups excluding carboxylic acids is 1. The van der Waals surface area contributed by atoms with Crippen LogP contribution in [0.2, 0.25) is 0 Å². The summed E-state index contributed by atoms with van der Waals surface area (Å²) in [7, 11) is 2.16. The minimum atomic E-state index is -0.103. The van der Waals surface area contributed by atoms with E-state index < -0.39 is 0 Å². The summed E-state index contributed by atoms with van der Waals surface area (Å²) in [6.07, 6.45) is 4.20. The van der Waals surface area contributed by atoms with E-state index in [2.05, 4.69) is 34.7 Å². The molecule has 1 amide bonds. The molecule has 31 heavy (non-hydrogen) atoms. The summed E-state index contributed by atoms with van der Waals surface area (Å²) >= 11 is 0. The molecule has 0 aromatic heterocycles. The van der Waals surface area contributed by atoms with Crippen molar-refractivity contribution in [3.05, 3.63) is 60.3 Å². The standard InChI is InChI=1S/C24H31N3O2.C2H6/c1-4-25-17-18(2)24(28)26-21-9-5-19(6-10-21)20-7-11-22(12-8-20)29-23-13-15-27(3)16-14-23;1-2/h5-12,17,23,25H,4,13-16H2,1-3H3,(H,26,28);1-2H3/b18-17+;. The van der Waals surface area contributed by atoms with Crippen molar-refractivity contribution in [2.75, 3.05) is 32.0 Å². The Morgan fingerprint density at radius 2 is 1.58 bits per heavy atom. The number of hydrogen-bond donors (Lipinski definition) is 2. The quantitative estimate of drug-likeness (QED) is 0.593. The third-order valence-electron chi connectivity index (χ3n) is 5.18. The smallest absolute Gasteiger partial charge is 0.252 e. The Bertz CT molecular complexity index is 821. The van der Waals surface area contributed by atoms with Crippen molar-refractivity contribution in [3.63, 3.8) is 0 Å². The Morgan fingerprint density at radius 3 is 2.13 bits per heavy atom. The lowest BCUT2D eigenvalue weighted by molar-refractivity contribution is -0.112. The van der Waals surface area contributed by atoms with Crippen LogP contribution in [0.4, 0.5) is 5.69 Å². The molecular weight excluding hydrogens is 386 g/mol. The van der Waals surface area contributed by atoms with Crippen molar-refractivity contribution >= 4 is 11.6 Å². The molecule has 168 valence electrons. The first kappa shape index (κ1) is 24.5. The fourth-order valence-electron chi connectivity index (χ4n) is 3.32. The van der Waals surface area contributed by atoms with Gasteiger partial charge in [-0.05, 0) is 69.1 Å². The van der Waals surface area contributed by atoms with Gasteiger partial charge < -0.3 is 20.3 Å². The molecule has 0 aliphatic carbocycles. The first-order valence-corrected chi connectivity index (χ1v) is 11.3. The number of rotatable bonds is 7. The topological polar surface area (TPSA) is 53.6 Å². The average molecular weight is 424 g/mol. The summed E-state index contributed by atoms with van der Waals surface area (Å²) in [5.74, 6) is 0.823. The van der Waals surface area contributed by atoms with E-state index in [0.717, 1.165) is 55.0 Å². The Morgan fingerprint density at radius 1 is 1.03 bits per heavy atom. The molecule has 1 heterocycles. The van der Waals surface area contributed by atoms with Crippen LogP contribution in [-0.4, -0.2) is 43.6 Å². The third-order valence-corrected chi connectivity index (χ3v) is 5.18. The van der Waals surface area contributed by atoms with Crippen LogP contribution in [0, 0.1) is 0 Å². The highest BCUT2D eigenvalue weighted by Gasteiger charge is 2.17. The third kappa shape index (κ3) is 7.76. The van der Waals surface area contributed by atoms with Gasteiger partial charge in [-0.1, -0.05) is 38.1 Å². The number of ether oxygens (including phenoxy) is 1. The lowest BCUT2D eigenvalue weighted by atomic mass is 10.0. The van der Waals surface area contributed by atoms with Gasteiger partial charge in [0, 0.05) is 37.1 Å². The maximum atomic E-state index is 12.2. The van der Waals surface area contributed by atoms with Crippen molar-refractivity contribution in [2.24, 2.45) is 0 Å². The number of anilines is 1. The van der Waals surface area contributed by atoms with Crippen LogP contribution in [0.25, 0.3) is 11.1 Å². The first-order valence-electron chi connectivity index (χ1n) is 11.3. The van der Waals surface area contributed by atoms with Crippen LogP contribution in [0.5, 0.6) is 5.75 Å². The van der Waals surface area contributed by atoms with Crippen LogP contribution in [0.1, 0.15) is 40.5 Å². The van der Waals surface area contributed by atoms with E-state index in [9.17, 15) is 4.79 Å². The van der Waals surface area contributed by atoms with Gasteiger partial charge in [0.05, 0.1) is 0 Å². The highest BCUT2D eigenvalue weighted by Crippen LogP contribution is 2.25. The largest absolute Gasteiger partial charge is 0.490 e. The molecule has 1 fully saturated rings. The Kier molecular flexibility index (Phi) is 10.1. The Labute approximate surface area is 187 Å². The van der Waals surface area contributed by atoms with Gasteiger partial charge in [0.2, 0.25) is 0 Å². The maximum absolute atomic E-state index is 12.2. The molecule has 3 rings (SSSR count). The van der Waals surface area contributed by atoms with Gasteiger partial charge in [0.1, 0.15) is 11.9 Å². The zero-order valence-electron chi connectivity index (χ0n) is 19.6. The van der Waals surface area contributed by atoms with Crippen LogP contribution in [0.15, 0.2) is 60.3 Å². The minimum absolute atomic E-state index is 0.103. The summed E-state index contributed by atoms with van der Waals surface area (Å²) in [4.78, 5) is 14.5. The molecule has 5 nitrogen and oxygen atoms in total. The summed E-state index contributed by atoms with van der Waals surface area (Å²) in [6, 6.07) is 16.1. The van der Waals surface area contributed by atoms with Crippen LogP contribution >= 0.6 is 0 Å². The molecule has 0 saturated carbocycles. The molecule has 1 saturated heterocycles. The molecule has 1 aliphatic rings. The number of likely N-dealkylation sites (tertiary alicyclic amines) is 1. The van der Waals surface area contributed by atoms with Crippen LogP contribution in [0.3, 0.4) is 0 Å². The fraction of sp³-hybridized carbons (Fsp3) is 0.423. The molecule has 1 aliphatic heterocycles. The van der Waals surface area contributed by atoms with E-state index in [1.165, 1.54) is 0 Å². The van der Waals surface area contributed by atoms with Gasteiger partial charge in [-0.2, -0.15) is 0 Å². The van der Waals surface area contributed by atoms with Gasteiger partial charge in [0.25, 0.3) is 5.91 Å². The van der Waals surface area contributed by atoms with Gasteiger partial charge >= 0.3 is 0 Å². The van der Waals surface area contributed by atoms with E-state index in [0.29, 0.717) is 11.7 Å². The summed E-state index contributed by atoms with van der Waals surface area (Å²) in [5.41, 5.74) is 3.66. The second-order valence-corrected chi connectivity index (χ2v) is 7.56. The van der Waals surface area contributed by atoms with E-state index >= 15 is 0 Å². The van der Waals surface area contributed by atoms with Crippen molar-refractivity contribution < 1.29 is 9.53 Å². The SMILES string of the molecule is CC.CCN/C=C(\C)C(=O)Nc1ccc(-c2ccc(OC3CCN(C)CC3)cc2)cc1. The zero-order valence-corrected chi connectivity index (χ0v) is 19.6. The molecular formula is C26H37N3O2.